The van der Waals surface area contributed by atoms with Crippen molar-refractivity contribution >= 4 is 38.4 Å². The molecule has 0 atom stereocenters. The van der Waals surface area contributed by atoms with Crippen molar-refractivity contribution in [3.05, 3.63) is 64.6 Å². The Morgan fingerprint density at radius 3 is 2.41 bits per heavy atom. The zero-order chi connectivity index (χ0) is 20.6. The number of carbonyl (C=O) groups excluding carboxylic acids is 1. The van der Waals surface area contributed by atoms with Gasteiger partial charge in [-0.3, -0.25) is 4.79 Å². The SMILES string of the molecule is Cc1ccc(C)c(N2CCN(S(=O)(=O)c3ccc(C4=CCC(=O)C=C4)s3)CC2)c1. The third-order valence-electron chi connectivity index (χ3n) is 5.38. The van der Waals surface area contributed by atoms with Crippen LogP contribution in [0.4, 0.5) is 5.69 Å². The summed E-state index contributed by atoms with van der Waals surface area (Å²) in [5, 5.41) is 0. The maximum Gasteiger partial charge on any atom is 0.252 e. The fourth-order valence-corrected chi connectivity index (χ4v) is 6.59. The van der Waals surface area contributed by atoms with Crippen molar-refractivity contribution < 1.29 is 13.2 Å². The predicted molar refractivity (Wildman–Crippen MR) is 118 cm³/mol. The Kier molecular flexibility index (Phi) is 5.46. The summed E-state index contributed by atoms with van der Waals surface area (Å²) in [6.07, 6.45) is 5.53. The highest BCUT2D eigenvalue weighted by Gasteiger charge is 2.30. The molecule has 29 heavy (non-hydrogen) atoms. The highest BCUT2D eigenvalue weighted by molar-refractivity contribution is 7.91. The molecule has 152 valence electrons. The molecule has 1 aromatic carbocycles. The fraction of sp³-hybridized carbons (Fsp3) is 0.318. The van der Waals surface area contributed by atoms with E-state index < -0.39 is 10.0 Å². The Labute approximate surface area is 176 Å². The number of piperazine rings is 1. The van der Waals surface area contributed by atoms with E-state index in [4.69, 9.17) is 0 Å². The van der Waals surface area contributed by atoms with E-state index in [1.165, 1.54) is 28.2 Å². The van der Waals surface area contributed by atoms with E-state index in [2.05, 4.69) is 36.9 Å². The summed E-state index contributed by atoms with van der Waals surface area (Å²) < 4.78 is 28.2. The van der Waals surface area contributed by atoms with Crippen LogP contribution in [0, 0.1) is 13.8 Å². The van der Waals surface area contributed by atoms with Crippen molar-refractivity contribution in [3.8, 4) is 0 Å². The molecule has 5 nitrogen and oxygen atoms in total. The number of rotatable bonds is 4. The first-order chi connectivity index (χ1) is 13.8. The first-order valence-electron chi connectivity index (χ1n) is 9.68. The quantitative estimate of drug-likeness (QED) is 0.744. The highest BCUT2D eigenvalue weighted by atomic mass is 32.2. The van der Waals surface area contributed by atoms with Gasteiger partial charge in [0.2, 0.25) is 0 Å². The van der Waals surface area contributed by atoms with E-state index in [-0.39, 0.29) is 5.78 Å². The molecule has 1 aromatic heterocycles. The number of ketones is 1. The van der Waals surface area contributed by atoms with Crippen LogP contribution in [-0.4, -0.2) is 44.7 Å². The first-order valence-corrected chi connectivity index (χ1v) is 11.9. The van der Waals surface area contributed by atoms with Crippen LogP contribution >= 0.6 is 11.3 Å². The van der Waals surface area contributed by atoms with Crippen LogP contribution in [0.5, 0.6) is 0 Å². The van der Waals surface area contributed by atoms with Crippen LogP contribution in [0.2, 0.25) is 0 Å². The largest absolute Gasteiger partial charge is 0.369 e. The molecule has 1 saturated heterocycles. The van der Waals surface area contributed by atoms with Gasteiger partial charge in [-0.15, -0.1) is 11.3 Å². The first kappa shape index (κ1) is 20.1. The van der Waals surface area contributed by atoms with Gasteiger partial charge in [0.25, 0.3) is 10.0 Å². The van der Waals surface area contributed by atoms with Gasteiger partial charge in [0.15, 0.2) is 5.78 Å². The van der Waals surface area contributed by atoms with Crippen LogP contribution in [0.1, 0.15) is 22.4 Å². The molecular formula is C22H24N2O3S2. The summed E-state index contributed by atoms with van der Waals surface area (Å²) >= 11 is 1.27. The summed E-state index contributed by atoms with van der Waals surface area (Å²) in [6.45, 7) is 6.47. The van der Waals surface area contributed by atoms with Crippen LogP contribution in [0.3, 0.4) is 0 Å². The van der Waals surface area contributed by atoms with Gasteiger partial charge in [0.1, 0.15) is 4.21 Å². The second-order valence-corrected chi connectivity index (χ2v) is 10.7. The third-order valence-corrected chi connectivity index (χ3v) is 8.88. The van der Waals surface area contributed by atoms with E-state index in [1.807, 2.05) is 12.1 Å². The summed E-state index contributed by atoms with van der Waals surface area (Å²) in [5.41, 5.74) is 4.52. The topological polar surface area (TPSA) is 57.7 Å². The molecule has 0 saturated carbocycles. The van der Waals surface area contributed by atoms with Crippen LogP contribution in [-0.2, 0) is 14.8 Å². The molecular weight excluding hydrogens is 404 g/mol. The van der Waals surface area contributed by atoms with Crippen molar-refractivity contribution in [2.75, 3.05) is 31.1 Å². The minimum atomic E-state index is -3.51. The smallest absolute Gasteiger partial charge is 0.252 e. The predicted octanol–water partition coefficient (Wildman–Crippen LogP) is 3.79. The van der Waals surface area contributed by atoms with E-state index in [0.717, 1.165) is 10.5 Å². The number of sulfonamides is 1. The van der Waals surface area contributed by atoms with Gasteiger partial charge in [-0.1, -0.05) is 24.3 Å². The van der Waals surface area contributed by atoms with Gasteiger partial charge in [-0.2, -0.15) is 4.31 Å². The second kappa shape index (κ2) is 7.89. The lowest BCUT2D eigenvalue weighted by atomic mass is 10.1. The van der Waals surface area contributed by atoms with Gasteiger partial charge >= 0.3 is 0 Å². The van der Waals surface area contributed by atoms with Crippen LogP contribution in [0.15, 0.2) is 52.8 Å². The number of aryl methyl sites for hydroxylation is 2. The zero-order valence-corrected chi connectivity index (χ0v) is 18.2. The van der Waals surface area contributed by atoms with Crippen molar-refractivity contribution in [1.29, 1.82) is 0 Å². The lowest BCUT2D eigenvalue weighted by molar-refractivity contribution is -0.113. The van der Waals surface area contributed by atoms with E-state index in [1.54, 1.807) is 22.5 Å². The monoisotopic (exact) mass is 428 g/mol. The fourth-order valence-electron chi connectivity index (χ4n) is 3.68. The summed E-state index contributed by atoms with van der Waals surface area (Å²) in [6, 6.07) is 9.89. The molecule has 0 unspecified atom stereocenters. The molecule has 7 heteroatoms. The number of anilines is 1. The number of carbonyl (C=O) groups is 1. The normalized spacial score (nSPS) is 18.2. The van der Waals surface area contributed by atoms with Crippen LogP contribution < -0.4 is 4.90 Å². The van der Waals surface area contributed by atoms with E-state index in [0.29, 0.717) is 36.8 Å². The highest BCUT2D eigenvalue weighted by Crippen LogP contribution is 2.32. The van der Waals surface area contributed by atoms with Gasteiger partial charge in [0, 0.05) is 43.2 Å². The number of nitrogens with zero attached hydrogens (tertiary/aromatic N) is 2. The third kappa shape index (κ3) is 4.08. The van der Waals surface area contributed by atoms with Crippen molar-refractivity contribution in [2.45, 2.75) is 24.5 Å². The molecule has 1 aliphatic carbocycles. The minimum Gasteiger partial charge on any atom is -0.369 e. The molecule has 0 spiro atoms. The summed E-state index contributed by atoms with van der Waals surface area (Å²) in [7, 11) is -3.51. The molecule has 1 fully saturated rings. The van der Waals surface area contributed by atoms with Gasteiger partial charge in [-0.25, -0.2) is 8.42 Å². The maximum absolute atomic E-state index is 13.1. The number of hydrogen-bond donors (Lipinski definition) is 0. The summed E-state index contributed by atoms with van der Waals surface area (Å²) in [5.74, 6) is 0.0693. The van der Waals surface area contributed by atoms with Crippen LogP contribution in [0.25, 0.3) is 5.57 Å². The number of allylic oxidation sites excluding steroid dienone is 4. The second-order valence-electron chi connectivity index (χ2n) is 7.46. The Balaban J connectivity index is 1.48. The molecule has 2 heterocycles. The maximum atomic E-state index is 13.1. The Morgan fingerprint density at radius 2 is 1.72 bits per heavy atom. The Morgan fingerprint density at radius 1 is 0.966 bits per heavy atom. The Bertz CT molecular complexity index is 1100. The number of hydrogen-bond acceptors (Lipinski definition) is 5. The van der Waals surface area contributed by atoms with Gasteiger partial charge < -0.3 is 4.90 Å². The molecule has 0 amide bonds. The summed E-state index contributed by atoms with van der Waals surface area (Å²) in [4.78, 5) is 14.5. The van der Waals surface area contributed by atoms with Crippen molar-refractivity contribution in [2.24, 2.45) is 0 Å². The standard InChI is InChI=1S/C22H24N2O3S2/c1-16-3-4-17(2)20(15-16)23-11-13-24(14-12-23)29(26,27)22-10-9-21(28-22)18-5-7-19(25)8-6-18/h3-7,9-10,15H,8,11-14H2,1-2H3. The minimum absolute atomic E-state index is 0.0693. The number of benzene rings is 1. The average Bonchev–Trinajstić information content (AvgIpc) is 3.22. The van der Waals surface area contributed by atoms with Crippen molar-refractivity contribution in [3.63, 3.8) is 0 Å². The van der Waals surface area contributed by atoms with E-state index in [9.17, 15) is 13.2 Å². The molecule has 1 aliphatic heterocycles. The number of thiophene rings is 1. The molecule has 2 aromatic rings. The average molecular weight is 429 g/mol. The lowest BCUT2D eigenvalue weighted by Gasteiger charge is -2.36. The van der Waals surface area contributed by atoms with Crippen molar-refractivity contribution in [1.82, 2.24) is 4.31 Å². The Hall–Kier alpha value is -2.22. The van der Waals surface area contributed by atoms with Gasteiger partial charge in [0.05, 0.1) is 0 Å². The van der Waals surface area contributed by atoms with E-state index >= 15 is 0 Å². The molecule has 2 aliphatic rings. The molecule has 4 rings (SSSR count). The van der Waals surface area contributed by atoms with Gasteiger partial charge in [-0.05, 0) is 54.8 Å². The lowest BCUT2D eigenvalue weighted by Crippen LogP contribution is -2.48. The molecule has 0 radical (unpaired) electrons. The zero-order valence-electron chi connectivity index (χ0n) is 16.6. The molecule has 0 N–H and O–H groups in total. The molecule has 0 bridgehead atoms.